The number of nitrogens with one attached hydrogen (secondary N) is 1. The summed E-state index contributed by atoms with van der Waals surface area (Å²) in [6.45, 7) is 4.12. The first-order chi connectivity index (χ1) is 8.97. The Morgan fingerprint density at radius 1 is 1.16 bits per heavy atom. The Bertz CT molecular complexity index is 588. The Kier molecular flexibility index (Phi) is 3.96. The second-order valence-corrected chi connectivity index (χ2v) is 5.04. The lowest BCUT2D eigenvalue weighted by Crippen LogP contribution is -2.02. The van der Waals surface area contributed by atoms with Crippen molar-refractivity contribution in [3.8, 4) is 0 Å². The van der Waals surface area contributed by atoms with E-state index in [0.717, 1.165) is 11.3 Å². The third-order valence-corrected chi connectivity index (χ3v) is 3.29. The minimum Gasteiger partial charge on any atom is -0.399 e. The molecule has 0 saturated heterocycles. The summed E-state index contributed by atoms with van der Waals surface area (Å²) in [4.78, 5) is 0. The van der Waals surface area contributed by atoms with Gasteiger partial charge in [-0.1, -0.05) is 23.7 Å². The van der Waals surface area contributed by atoms with Crippen LogP contribution < -0.4 is 11.1 Å². The quantitative estimate of drug-likeness (QED) is 0.822. The number of hydrogen-bond acceptors (Lipinski definition) is 2. The molecule has 2 aromatic carbocycles. The topological polar surface area (TPSA) is 38.0 Å². The molecule has 2 nitrogen and oxygen atoms in total. The maximum atomic E-state index is 13.5. The SMILES string of the molecule is Cc1cc(CNc2ccc(N)cc2Cl)cc(C)c1F. The predicted octanol–water partition coefficient (Wildman–Crippen LogP) is 4.29. The monoisotopic (exact) mass is 278 g/mol. The van der Waals surface area contributed by atoms with Crippen molar-refractivity contribution in [2.45, 2.75) is 20.4 Å². The lowest BCUT2D eigenvalue weighted by atomic mass is 10.1. The molecule has 0 radical (unpaired) electrons. The molecule has 0 atom stereocenters. The van der Waals surface area contributed by atoms with Crippen molar-refractivity contribution in [2.75, 3.05) is 11.1 Å². The predicted molar refractivity (Wildman–Crippen MR) is 79.1 cm³/mol. The molecule has 0 aliphatic heterocycles. The molecule has 19 heavy (non-hydrogen) atoms. The van der Waals surface area contributed by atoms with E-state index in [2.05, 4.69) is 5.32 Å². The minimum atomic E-state index is -0.144. The average molecular weight is 279 g/mol. The lowest BCUT2D eigenvalue weighted by Gasteiger charge is -2.11. The third-order valence-electron chi connectivity index (χ3n) is 2.97. The Morgan fingerprint density at radius 2 is 1.79 bits per heavy atom. The number of halogens is 2. The van der Waals surface area contributed by atoms with E-state index in [4.69, 9.17) is 17.3 Å². The van der Waals surface area contributed by atoms with Gasteiger partial charge >= 0.3 is 0 Å². The lowest BCUT2D eigenvalue weighted by molar-refractivity contribution is 0.608. The highest BCUT2D eigenvalue weighted by Gasteiger charge is 2.05. The fourth-order valence-corrected chi connectivity index (χ4v) is 2.27. The Labute approximate surface area is 117 Å². The van der Waals surface area contributed by atoms with Gasteiger partial charge in [0, 0.05) is 12.2 Å². The molecule has 3 N–H and O–H groups in total. The Hall–Kier alpha value is -1.74. The van der Waals surface area contributed by atoms with E-state index < -0.39 is 0 Å². The third kappa shape index (κ3) is 3.18. The van der Waals surface area contributed by atoms with Crippen molar-refractivity contribution in [3.05, 3.63) is 57.9 Å². The van der Waals surface area contributed by atoms with Crippen LogP contribution in [0, 0.1) is 19.7 Å². The summed E-state index contributed by atoms with van der Waals surface area (Å²) in [6.07, 6.45) is 0. The van der Waals surface area contributed by atoms with Crippen molar-refractivity contribution in [2.24, 2.45) is 0 Å². The second-order valence-electron chi connectivity index (χ2n) is 4.64. The molecule has 0 heterocycles. The van der Waals surface area contributed by atoms with Crippen LogP contribution >= 0.6 is 11.6 Å². The molecular weight excluding hydrogens is 263 g/mol. The van der Waals surface area contributed by atoms with Crippen molar-refractivity contribution in [1.82, 2.24) is 0 Å². The van der Waals surface area contributed by atoms with E-state index in [1.807, 2.05) is 18.2 Å². The van der Waals surface area contributed by atoms with Crippen LogP contribution in [0.25, 0.3) is 0 Å². The van der Waals surface area contributed by atoms with Crippen LogP contribution in [0.2, 0.25) is 5.02 Å². The maximum Gasteiger partial charge on any atom is 0.129 e. The first-order valence-corrected chi connectivity index (χ1v) is 6.39. The first-order valence-electron chi connectivity index (χ1n) is 6.02. The number of hydrogen-bond donors (Lipinski definition) is 2. The first kappa shape index (κ1) is 13.7. The van der Waals surface area contributed by atoms with Gasteiger partial charge in [0.15, 0.2) is 0 Å². The van der Waals surface area contributed by atoms with Crippen molar-refractivity contribution in [3.63, 3.8) is 0 Å². The molecule has 0 amide bonds. The van der Waals surface area contributed by atoms with E-state index in [9.17, 15) is 4.39 Å². The van der Waals surface area contributed by atoms with Crippen LogP contribution in [0.5, 0.6) is 0 Å². The standard InChI is InChI=1S/C15H16ClFN2/c1-9-5-11(6-10(2)15(9)17)8-19-14-4-3-12(18)7-13(14)16/h3-7,19H,8,18H2,1-2H3. The second kappa shape index (κ2) is 5.49. The van der Waals surface area contributed by atoms with Gasteiger partial charge in [-0.2, -0.15) is 0 Å². The van der Waals surface area contributed by atoms with Crippen molar-refractivity contribution in [1.29, 1.82) is 0 Å². The zero-order chi connectivity index (χ0) is 14.0. The van der Waals surface area contributed by atoms with Gasteiger partial charge in [-0.25, -0.2) is 4.39 Å². The van der Waals surface area contributed by atoms with Crippen molar-refractivity contribution >= 4 is 23.0 Å². The number of benzene rings is 2. The molecule has 0 spiro atoms. The van der Waals surface area contributed by atoms with Gasteiger partial charge in [-0.15, -0.1) is 0 Å². The van der Waals surface area contributed by atoms with E-state index in [1.165, 1.54) is 0 Å². The van der Waals surface area contributed by atoms with Gasteiger partial charge in [-0.3, -0.25) is 0 Å². The average Bonchev–Trinajstić information content (AvgIpc) is 2.34. The zero-order valence-corrected chi connectivity index (χ0v) is 11.7. The van der Waals surface area contributed by atoms with E-state index in [0.29, 0.717) is 28.4 Å². The summed E-state index contributed by atoms with van der Waals surface area (Å²) in [5.41, 5.74) is 9.41. The number of nitrogens with two attached hydrogens (primary N) is 1. The summed E-state index contributed by atoms with van der Waals surface area (Å²) in [6, 6.07) is 8.99. The fraction of sp³-hybridized carbons (Fsp3) is 0.200. The number of nitrogen functional groups attached to an aromatic ring is 1. The number of aryl methyl sites for hydroxylation is 2. The van der Waals surface area contributed by atoms with E-state index in [-0.39, 0.29) is 5.82 Å². The normalized spacial score (nSPS) is 10.5. The number of anilines is 2. The van der Waals surface area contributed by atoms with Crippen molar-refractivity contribution < 1.29 is 4.39 Å². The van der Waals surface area contributed by atoms with Crippen LogP contribution in [0.3, 0.4) is 0 Å². The van der Waals surface area contributed by atoms with Crippen LogP contribution in [-0.2, 0) is 6.54 Å². The largest absolute Gasteiger partial charge is 0.399 e. The zero-order valence-electron chi connectivity index (χ0n) is 10.9. The van der Waals surface area contributed by atoms with Crippen LogP contribution in [0.1, 0.15) is 16.7 Å². The molecule has 0 fully saturated rings. The van der Waals surface area contributed by atoms with E-state index in [1.54, 1.807) is 26.0 Å². The van der Waals surface area contributed by atoms with Gasteiger partial charge in [0.25, 0.3) is 0 Å². The molecule has 0 aliphatic carbocycles. The fourth-order valence-electron chi connectivity index (χ4n) is 2.01. The molecule has 4 heteroatoms. The molecule has 0 unspecified atom stereocenters. The molecule has 2 rings (SSSR count). The number of rotatable bonds is 3. The molecule has 2 aromatic rings. The highest BCUT2D eigenvalue weighted by atomic mass is 35.5. The minimum absolute atomic E-state index is 0.144. The van der Waals surface area contributed by atoms with E-state index >= 15 is 0 Å². The molecule has 0 saturated carbocycles. The maximum absolute atomic E-state index is 13.5. The molecular formula is C15H16ClFN2. The summed E-state index contributed by atoms with van der Waals surface area (Å²) in [5.74, 6) is -0.144. The molecule has 0 bridgehead atoms. The van der Waals surface area contributed by atoms with Crippen LogP contribution in [-0.4, -0.2) is 0 Å². The van der Waals surface area contributed by atoms with Gasteiger partial charge in [0.2, 0.25) is 0 Å². The highest BCUT2D eigenvalue weighted by Crippen LogP contribution is 2.25. The summed E-state index contributed by atoms with van der Waals surface area (Å²) in [7, 11) is 0. The molecule has 0 aliphatic rings. The van der Waals surface area contributed by atoms with Gasteiger partial charge in [-0.05, 0) is 48.7 Å². The Morgan fingerprint density at radius 3 is 2.37 bits per heavy atom. The van der Waals surface area contributed by atoms with Gasteiger partial charge in [0.05, 0.1) is 10.7 Å². The van der Waals surface area contributed by atoms with Crippen LogP contribution in [0.4, 0.5) is 15.8 Å². The molecule has 100 valence electrons. The summed E-state index contributed by atoms with van der Waals surface area (Å²) < 4.78 is 13.5. The summed E-state index contributed by atoms with van der Waals surface area (Å²) in [5, 5.41) is 3.80. The Balaban J connectivity index is 2.14. The highest BCUT2D eigenvalue weighted by molar-refractivity contribution is 6.33. The van der Waals surface area contributed by atoms with Crippen LogP contribution in [0.15, 0.2) is 30.3 Å². The summed E-state index contributed by atoms with van der Waals surface area (Å²) >= 11 is 6.08. The van der Waals surface area contributed by atoms with Gasteiger partial charge in [0.1, 0.15) is 5.82 Å². The van der Waals surface area contributed by atoms with Gasteiger partial charge < -0.3 is 11.1 Å². The molecule has 0 aromatic heterocycles. The smallest absolute Gasteiger partial charge is 0.129 e.